The molecule has 12 atom stereocenters. The summed E-state index contributed by atoms with van der Waals surface area (Å²) in [5, 5.41) is 0. The SMILES string of the molecule is CC(=O)OC(C)(C)C.CCC(CC(C)(C)C(=O)OC1CC2CC1C1C3CCC(C3)C21)C(=O)OC12CC3CC1C(C)(C3)C(=O)O2. The maximum Gasteiger partial charge on any atom is 0.315 e. The molecule has 7 aliphatic rings. The van der Waals surface area contributed by atoms with Gasteiger partial charge in [-0.2, -0.15) is 0 Å². The fraction of sp³-hybridized carbons (Fsp3) is 0.889. The molecule has 44 heavy (non-hydrogen) atoms. The summed E-state index contributed by atoms with van der Waals surface area (Å²) in [4.78, 5) is 49.7. The molecule has 8 heteroatoms. The van der Waals surface area contributed by atoms with Crippen molar-refractivity contribution in [3.63, 3.8) is 0 Å². The average molecular weight is 615 g/mol. The minimum absolute atomic E-state index is 0.0469. The molecule has 0 spiro atoms. The summed E-state index contributed by atoms with van der Waals surface area (Å²) in [6, 6.07) is 0. The van der Waals surface area contributed by atoms with E-state index in [2.05, 4.69) is 0 Å². The molecule has 0 aromatic carbocycles. The highest BCUT2D eigenvalue weighted by molar-refractivity contribution is 5.82. The number of carbonyl (C=O) groups excluding carboxylic acids is 4. The van der Waals surface area contributed by atoms with Crippen molar-refractivity contribution in [3.8, 4) is 0 Å². The molecule has 7 rings (SSSR count). The molecule has 0 N–H and O–H groups in total. The maximum absolute atomic E-state index is 13.4. The number of hydrogen-bond donors (Lipinski definition) is 0. The smallest absolute Gasteiger partial charge is 0.315 e. The Morgan fingerprint density at radius 2 is 1.64 bits per heavy atom. The van der Waals surface area contributed by atoms with Crippen LogP contribution < -0.4 is 0 Å². The number of carbonyl (C=O) groups is 4. The van der Waals surface area contributed by atoms with Crippen molar-refractivity contribution in [2.45, 2.75) is 137 Å². The molecule has 0 amide bonds. The van der Waals surface area contributed by atoms with E-state index in [1.54, 1.807) is 0 Å². The Hall–Kier alpha value is -2.12. The summed E-state index contributed by atoms with van der Waals surface area (Å²) >= 11 is 0. The van der Waals surface area contributed by atoms with Crippen molar-refractivity contribution in [3.05, 3.63) is 0 Å². The molecule has 0 aromatic rings. The van der Waals surface area contributed by atoms with Crippen molar-refractivity contribution < 1.29 is 38.1 Å². The predicted molar refractivity (Wildman–Crippen MR) is 161 cm³/mol. The summed E-state index contributed by atoms with van der Waals surface area (Å²) in [5.74, 6) is 2.61. The fourth-order valence-corrected chi connectivity index (χ4v) is 11.2. The molecule has 0 aromatic heterocycles. The van der Waals surface area contributed by atoms with Crippen LogP contribution in [0.3, 0.4) is 0 Å². The second-order valence-corrected chi connectivity index (χ2v) is 17.3. The lowest BCUT2D eigenvalue weighted by Gasteiger charge is -2.39. The van der Waals surface area contributed by atoms with Gasteiger partial charge >= 0.3 is 23.9 Å². The second-order valence-electron chi connectivity index (χ2n) is 17.3. The zero-order valence-corrected chi connectivity index (χ0v) is 28.1. The number of ether oxygens (including phenoxy) is 4. The molecular weight excluding hydrogens is 560 g/mol. The minimum Gasteiger partial charge on any atom is -0.462 e. The molecule has 6 saturated carbocycles. The van der Waals surface area contributed by atoms with Gasteiger partial charge in [0, 0.05) is 13.3 Å². The predicted octanol–water partition coefficient (Wildman–Crippen LogP) is 6.62. The molecule has 1 heterocycles. The zero-order valence-electron chi connectivity index (χ0n) is 28.1. The quantitative estimate of drug-likeness (QED) is 0.179. The summed E-state index contributed by atoms with van der Waals surface area (Å²) in [6.45, 7) is 14.7. The zero-order chi connectivity index (χ0) is 32.0. The Balaban J connectivity index is 0.000000381. The van der Waals surface area contributed by atoms with Crippen LogP contribution in [-0.2, 0) is 38.1 Å². The first-order chi connectivity index (χ1) is 20.5. The van der Waals surface area contributed by atoms with E-state index in [1.807, 2.05) is 48.5 Å². The van der Waals surface area contributed by atoms with E-state index < -0.39 is 22.5 Å². The summed E-state index contributed by atoms with van der Waals surface area (Å²) in [7, 11) is 0. The Bertz CT molecular complexity index is 1200. The molecule has 246 valence electrons. The molecule has 7 fully saturated rings. The standard InChI is InChI=1S/C30H42O6.C6H12O2/c1-5-16(25(31)35-30-13-15-8-22(30)29(4,12-15)27(33)36-30)14-28(2,3)26(32)34-21-11-19-10-20(21)24-18-7-6-17(9-18)23(19)24;1-5(7)8-6(2,3)4/h15-24H,5-14H2,1-4H3;1-4H3. The van der Waals surface area contributed by atoms with Crippen LogP contribution in [0.2, 0.25) is 0 Å². The van der Waals surface area contributed by atoms with Crippen molar-refractivity contribution in [1.29, 1.82) is 0 Å². The lowest BCUT2D eigenvalue weighted by Crippen LogP contribution is -2.44. The topological polar surface area (TPSA) is 105 Å². The Morgan fingerprint density at radius 3 is 2.23 bits per heavy atom. The fourth-order valence-electron chi connectivity index (χ4n) is 11.2. The van der Waals surface area contributed by atoms with E-state index in [-0.39, 0.29) is 41.5 Å². The second kappa shape index (κ2) is 10.7. The summed E-state index contributed by atoms with van der Waals surface area (Å²) in [6.07, 6.45) is 9.82. The van der Waals surface area contributed by atoms with E-state index in [0.717, 1.165) is 48.9 Å². The van der Waals surface area contributed by atoms with Gasteiger partial charge in [0.15, 0.2) is 0 Å². The van der Waals surface area contributed by atoms with Crippen molar-refractivity contribution >= 4 is 23.9 Å². The van der Waals surface area contributed by atoms with Crippen LogP contribution in [0.15, 0.2) is 0 Å². The van der Waals surface area contributed by atoms with Gasteiger partial charge in [-0.1, -0.05) is 6.92 Å². The molecule has 12 unspecified atom stereocenters. The van der Waals surface area contributed by atoms with Gasteiger partial charge in [0.1, 0.15) is 11.7 Å². The van der Waals surface area contributed by atoms with E-state index in [1.165, 1.54) is 32.6 Å². The van der Waals surface area contributed by atoms with Gasteiger partial charge < -0.3 is 18.9 Å². The van der Waals surface area contributed by atoms with E-state index >= 15 is 0 Å². The largest absolute Gasteiger partial charge is 0.462 e. The van der Waals surface area contributed by atoms with Gasteiger partial charge in [-0.15, -0.1) is 0 Å². The molecular formula is C36H54O8. The van der Waals surface area contributed by atoms with Crippen molar-refractivity contribution in [2.24, 2.45) is 64.1 Å². The minimum atomic E-state index is -1.09. The molecule has 8 nitrogen and oxygen atoms in total. The number of fused-ring (bicyclic) bond motifs is 10. The first-order valence-electron chi connectivity index (χ1n) is 17.3. The molecule has 6 aliphatic carbocycles. The molecule has 6 bridgehead atoms. The monoisotopic (exact) mass is 614 g/mol. The lowest BCUT2D eigenvalue weighted by molar-refractivity contribution is -0.227. The van der Waals surface area contributed by atoms with Gasteiger partial charge in [-0.25, -0.2) is 0 Å². The van der Waals surface area contributed by atoms with Crippen LogP contribution in [0.1, 0.15) is 120 Å². The van der Waals surface area contributed by atoms with Gasteiger partial charge in [0.25, 0.3) is 5.79 Å². The third-order valence-corrected chi connectivity index (χ3v) is 12.7. The third-order valence-electron chi connectivity index (χ3n) is 12.7. The highest BCUT2D eigenvalue weighted by Crippen LogP contribution is 2.68. The van der Waals surface area contributed by atoms with E-state index in [9.17, 15) is 19.2 Å². The number of rotatable bonds is 7. The van der Waals surface area contributed by atoms with E-state index in [4.69, 9.17) is 18.9 Å². The molecule has 1 saturated heterocycles. The summed E-state index contributed by atoms with van der Waals surface area (Å²) < 4.78 is 22.9. The average Bonchev–Trinajstić information content (AvgIpc) is 3.74. The van der Waals surface area contributed by atoms with Gasteiger partial charge in [0.2, 0.25) is 0 Å². The highest BCUT2D eigenvalue weighted by Gasteiger charge is 2.74. The van der Waals surface area contributed by atoms with Crippen LogP contribution in [0.25, 0.3) is 0 Å². The lowest BCUT2D eigenvalue weighted by atomic mass is 9.70. The van der Waals surface area contributed by atoms with Crippen molar-refractivity contribution in [2.75, 3.05) is 0 Å². The van der Waals surface area contributed by atoms with Crippen LogP contribution in [0.4, 0.5) is 0 Å². The van der Waals surface area contributed by atoms with E-state index in [0.29, 0.717) is 31.1 Å². The number of hydrogen-bond acceptors (Lipinski definition) is 8. The maximum atomic E-state index is 13.4. The van der Waals surface area contributed by atoms with Crippen molar-refractivity contribution in [1.82, 2.24) is 0 Å². The first kappa shape index (κ1) is 31.8. The summed E-state index contributed by atoms with van der Waals surface area (Å²) in [5.41, 5.74) is -1.62. The van der Waals surface area contributed by atoms with Crippen LogP contribution in [0.5, 0.6) is 0 Å². The van der Waals surface area contributed by atoms with Crippen LogP contribution in [-0.4, -0.2) is 41.4 Å². The van der Waals surface area contributed by atoms with Gasteiger partial charge in [-0.05, 0) is 141 Å². The van der Waals surface area contributed by atoms with Gasteiger partial charge in [0.05, 0.1) is 22.7 Å². The Morgan fingerprint density at radius 1 is 0.955 bits per heavy atom. The third kappa shape index (κ3) is 5.28. The van der Waals surface area contributed by atoms with Crippen LogP contribution in [0, 0.1) is 64.1 Å². The highest BCUT2D eigenvalue weighted by atomic mass is 16.7. The Labute approximate surface area is 263 Å². The van der Waals surface area contributed by atoms with Crippen LogP contribution >= 0.6 is 0 Å². The normalized spacial score (nSPS) is 42.8. The number of esters is 4. The first-order valence-corrected chi connectivity index (χ1v) is 17.3. The Kier molecular flexibility index (Phi) is 7.76. The molecule has 0 radical (unpaired) electrons. The van der Waals surface area contributed by atoms with Gasteiger partial charge in [-0.3, -0.25) is 19.2 Å². The molecule has 1 aliphatic heterocycles.